The second-order valence-electron chi connectivity index (χ2n) is 11.0. The van der Waals surface area contributed by atoms with Gasteiger partial charge in [-0.25, -0.2) is 9.18 Å². The molecule has 1 saturated heterocycles. The lowest BCUT2D eigenvalue weighted by Gasteiger charge is -2.25. The molecule has 43 heavy (non-hydrogen) atoms. The molecule has 3 amide bonds. The number of rotatable bonds is 15. The molecule has 0 radical (unpaired) electrons. The third-order valence-electron chi connectivity index (χ3n) is 7.15. The molecule has 12 heteroatoms. The van der Waals surface area contributed by atoms with Crippen LogP contribution in [0.1, 0.15) is 61.8 Å². The Morgan fingerprint density at radius 3 is 2.49 bits per heavy atom. The Hall–Kier alpha value is -4.35. The molecule has 1 unspecified atom stereocenters. The van der Waals surface area contributed by atoms with Gasteiger partial charge >= 0.3 is 5.97 Å². The third-order valence-corrected chi connectivity index (χ3v) is 7.15. The number of hydrogen-bond donors (Lipinski definition) is 3. The molecule has 2 heterocycles. The van der Waals surface area contributed by atoms with E-state index >= 15 is 0 Å². The fraction of sp³-hybridized carbons (Fsp3) is 0.484. The fourth-order valence-electron chi connectivity index (χ4n) is 4.89. The number of carbonyl (C=O) groups excluding carboxylic acids is 5. The van der Waals surface area contributed by atoms with Crippen molar-refractivity contribution < 1.29 is 37.6 Å². The van der Waals surface area contributed by atoms with Crippen molar-refractivity contribution in [2.24, 2.45) is 17.8 Å². The van der Waals surface area contributed by atoms with Crippen molar-refractivity contribution in [3.8, 4) is 0 Å². The molecule has 11 nitrogen and oxygen atoms in total. The van der Waals surface area contributed by atoms with Gasteiger partial charge in [0.15, 0.2) is 11.5 Å². The highest BCUT2D eigenvalue weighted by Gasteiger charge is 2.32. The minimum absolute atomic E-state index is 0.0312. The van der Waals surface area contributed by atoms with Gasteiger partial charge in [0.2, 0.25) is 11.8 Å². The highest BCUT2D eigenvalue weighted by atomic mass is 19.1. The Bertz CT molecular complexity index is 1320. The summed E-state index contributed by atoms with van der Waals surface area (Å²) in [7, 11) is 0. The van der Waals surface area contributed by atoms with Crippen LogP contribution >= 0.6 is 0 Å². The molecule has 4 atom stereocenters. The molecule has 3 rings (SSSR count). The first-order chi connectivity index (χ1) is 20.5. The number of ether oxygens (including phenoxy) is 1. The van der Waals surface area contributed by atoms with E-state index in [4.69, 9.17) is 9.26 Å². The fourth-order valence-corrected chi connectivity index (χ4v) is 4.89. The van der Waals surface area contributed by atoms with Crippen molar-refractivity contribution >= 4 is 29.5 Å². The van der Waals surface area contributed by atoms with Crippen LogP contribution in [-0.4, -0.2) is 59.9 Å². The molecule has 0 spiro atoms. The summed E-state index contributed by atoms with van der Waals surface area (Å²) >= 11 is 0. The summed E-state index contributed by atoms with van der Waals surface area (Å²) in [5.74, 6) is -3.75. The molecule has 1 aromatic heterocycles. The summed E-state index contributed by atoms with van der Waals surface area (Å²) in [6.45, 7) is 7.55. The number of aryl methyl sites for hydroxylation is 1. The first-order valence-corrected chi connectivity index (χ1v) is 14.4. The van der Waals surface area contributed by atoms with E-state index in [-0.39, 0.29) is 55.1 Å². The molecule has 1 fully saturated rings. The Morgan fingerprint density at radius 2 is 1.91 bits per heavy atom. The van der Waals surface area contributed by atoms with Crippen LogP contribution in [0.25, 0.3) is 0 Å². The quantitative estimate of drug-likeness (QED) is 0.209. The SMILES string of the molecule is CCOC(=O)/C=C/[C@H](C[C@@H]1CCNC1=O)NC(=O)C(CC(=O)[C@@H](NC(=O)c1cc(C)on1)C(C)C)Cc1ccc(F)cc1. The second kappa shape index (κ2) is 15.8. The van der Waals surface area contributed by atoms with E-state index in [1.165, 1.54) is 42.5 Å². The lowest BCUT2D eigenvalue weighted by molar-refractivity contribution is -0.137. The summed E-state index contributed by atoms with van der Waals surface area (Å²) in [6, 6.07) is 5.45. The Balaban J connectivity index is 1.82. The Kier molecular flexibility index (Phi) is 12.2. The van der Waals surface area contributed by atoms with Crippen molar-refractivity contribution in [3.63, 3.8) is 0 Å². The number of aromatic nitrogens is 1. The maximum absolute atomic E-state index is 13.7. The molecule has 0 saturated carbocycles. The summed E-state index contributed by atoms with van der Waals surface area (Å²) in [5, 5.41) is 12.1. The number of esters is 1. The molecule has 0 aliphatic carbocycles. The summed E-state index contributed by atoms with van der Waals surface area (Å²) in [6.07, 6.45) is 3.38. The highest BCUT2D eigenvalue weighted by molar-refractivity contribution is 5.97. The van der Waals surface area contributed by atoms with Crippen molar-refractivity contribution in [1.82, 2.24) is 21.1 Å². The van der Waals surface area contributed by atoms with Gasteiger partial charge in [-0.3, -0.25) is 19.2 Å². The molecular formula is C31H39FN4O7. The van der Waals surface area contributed by atoms with Crippen molar-refractivity contribution in [3.05, 3.63) is 65.3 Å². The number of halogens is 1. The predicted octanol–water partition coefficient (Wildman–Crippen LogP) is 2.82. The minimum atomic E-state index is -0.922. The van der Waals surface area contributed by atoms with Crippen LogP contribution in [0.4, 0.5) is 4.39 Å². The molecule has 1 aliphatic rings. The maximum atomic E-state index is 13.7. The van der Waals surface area contributed by atoms with Crippen molar-refractivity contribution in [2.75, 3.05) is 13.2 Å². The van der Waals surface area contributed by atoms with Gasteiger partial charge in [-0.05, 0) is 56.7 Å². The van der Waals surface area contributed by atoms with Crippen LogP contribution < -0.4 is 16.0 Å². The van der Waals surface area contributed by atoms with Gasteiger partial charge in [-0.1, -0.05) is 37.2 Å². The summed E-state index contributed by atoms with van der Waals surface area (Å²) in [5.41, 5.74) is 0.662. The largest absolute Gasteiger partial charge is 0.463 e. The molecule has 0 bridgehead atoms. The highest BCUT2D eigenvalue weighted by Crippen LogP contribution is 2.21. The van der Waals surface area contributed by atoms with Crippen molar-refractivity contribution in [1.29, 1.82) is 0 Å². The Labute approximate surface area is 250 Å². The number of Topliss-reactive ketones (excluding diaryl/α,β-unsaturated/α-hetero) is 1. The third kappa shape index (κ3) is 10.2. The number of hydrogen-bond acceptors (Lipinski definition) is 8. The standard InChI is InChI=1S/C31H39FN4O7/c1-5-42-27(38)11-10-24(16-21-12-13-33-29(21)39)34-30(40)22(15-20-6-8-23(32)9-7-20)17-26(37)28(18(2)3)35-31(41)25-14-19(4)43-36-25/h6-11,14,18,21-22,24,28H,5,12-13,15-17H2,1-4H3,(H,33,39)(H,34,40)(H,35,41)/b11-10+/t21-,22?,24+,28-/m0/s1. The topological polar surface area (TPSA) is 157 Å². The molecular weight excluding hydrogens is 559 g/mol. The molecule has 232 valence electrons. The van der Waals surface area contributed by atoms with Gasteiger partial charge in [0.1, 0.15) is 11.6 Å². The first kappa shape index (κ1) is 33.2. The number of nitrogens with zero attached hydrogens (tertiary/aromatic N) is 1. The van der Waals surface area contributed by atoms with Crippen LogP contribution in [0.3, 0.4) is 0 Å². The summed E-state index contributed by atoms with van der Waals surface area (Å²) < 4.78 is 23.5. The van der Waals surface area contributed by atoms with Gasteiger partial charge in [0.25, 0.3) is 5.91 Å². The van der Waals surface area contributed by atoms with Gasteiger partial charge < -0.3 is 25.2 Å². The number of amides is 3. The van der Waals surface area contributed by atoms with E-state index in [9.17, 15) is 28.4 Å². The van der Waals surface area contributed by atoms with E-state index in [2.05, 4.69) is 21.1 Å². The van der Waals surface area contributed by atoms with Crippen LogP contribution in [0.5, 0.6) is 0 Å². The number of carbonyl (C=O) groups is 5. The smallest absolute Gasteiger partial charge is 0.330 e. The minimum Gasteiger partial charge on any atom is -0.463 e. The van der Waals surface area contributed by atoms with Gasteiger partial charge in [0, 0.05) is 43.0 Å². The van der Waals surface area contributed by atoms with E-state index in [0.717, 1.165) is 0 Å². The first-order valence-electron chi connectivity index (χ1n) is 14.4. The number of benzene rings is 1. The van der Waals surface area contributed by atoms with Gasteiger partial charge in [0.05, 0.1) is 12.6 Å². The normalized spacial score (nSPS) is 16.9. The number of ketones is 1. The lowest BCUT2D eigenvalue weighted by atomic mass is 9.87. The van der Waals surface area contributed by atoms with Crippen LogP contribution in [0, 0.1) is 30.5 Å². The van der Waals surface area contributed by atoms with Crippen molar-refractivity contribution in [2.45, 2.75) is 65.5 Å². The van der Waals surface area contributed by atoms with Crippen LogP contribution in [-0.2, 0) is 30.3 Å². The molecule has 1 aliphatic heterocycles. The Morgan fingerprint density at radius 1 is 1.19 bits per heavy atom. The van der Waals surface area contributed by atoms with E-state index < -0.39 is 41.6 Å². The van der Waals surface area contributed by atoms with Crippen LogP contribution in [0.15, 0.2) is 47.0 Å². The zero-order valence-corrected chi connectivity index (χ0v) is 24.9. The molecule has 1 aromatic carbocycles. The number of nitrogens with one attached hydrogen (secondary N) is 3. The average molecular weight is 599 g/mol. The summed E-state index contributed by atoms with van der Waals surface area (Å²) in [4.78, 5) is 64.3. The van der Waals surface area contributed by atoms with E-state index in [1.54, 1.807) is 27.7 Å². The average Bonchev–Trinajstić information content (AvgIpc) is 3.58. The van der Waals surface area contributed by atoms with E-state index in [1.807, 2.05) is 0 Å². The van der Waals surface area contributed by atoms with Crippen LogP contribution in [0.2, 0.25) is 0 Å². The van der Waals surface area contributed by atoms with E-state index in [0.29, 0.717) is 24.3 Å². The van der Waals surface area contributed by atoms with Gasteiger partial charge in [-0.15, -0.1) is 0 Å². The van der Waals surface area contributed by atoms with Gasteiger partial charge in [-0.2, -0.15) is 0 Å². The molecule has 2 aromatic rings. The maximum Gasteiger partial charge on any atom is 0.330 e. The second-order valence-corrected chi connectivity index (χ2v) is 11.0. The zero-order chi connectivity index (χ0) is 31.5. The molecule has 3 N–H and O–H groups in total. The predicted molar refractivity (Wildman–Crippen MR) is 154 cm³/mol. The zero-order valence-electron chi connectivity index (χ0n) is 24.9. The monoisotopic (exact) mass is 598 g/mol. The lowest BCUT2D eigenvalue weighted by Crippen LogP contribution is -2.47.